The van der Waals surface area contributed by atoms with E-state index in [-0.39, 0.29) is 24.3 Å². The number of hydrogen-bond donors (Lipinski definition) is 3. The van der Waals surface area contributed by atoms with Gasteiger partial charge in [-0.05, 0) is 19.3 Å². The van der Waals surface area contributed by atoms with Crippen LogP contribution in [0.5, 0.6) is 0 Å². The zero-order valence-corrected chi connectivity index (χ0v) is 17.8. The molecular weight excluding hydrogens is 358 g/mol. The number of nitrogens with one attached hydrogen (secondary N) is 2. The maximum Gasteiger partial charge on any atom is 0.502 e. The first kappa shape index (κ1) is 21.1. The maximum atomic E-state index is 7.27. The van der Waals surface area contributed by atoms with Gasteiger partial charge in [0.25, 0.3) is 0 Å². The quantitative estimate of drug-likeness (QED) is 0.288. The van der Waals surface area contributed by atoms with Gasteiger partial charge in [0.2, 0.25) is 0 Å². The van der Waals surface area contributed by atoms with Gasteiger partial charge >= 0.3 is 8.80 Å². The van der Waals surface area contributed by atoms with Crippen LogP contribution < -0.4 is 11.1 Å². The number of guanidine groups is 1. The first-order chi connectivity index (χ1) is 13.2. The van der Waals surface area contributed by atoms with Gasteiger partial charge in [-0.15, -0.1) is 0 Å². The van der Waals surface area contributed by atoms with Crippen LogP contribution in [0.4, 0.5) is 0 Å². The number of rotatable bonds is 4. The summed E-state index contributed by atoms with van der Waals surface area (Å²) >= 11 is 0. The van der Waals surface area contributed by atoms with Crippen LogP contribution in [-0.4, -0.2) is 39.6 Å². The van der Waals surface area contributed by atoms with Crippen molar-refractivity contribution in [2.45, 2.75) is 114 Å². The van der Waals surface area contributed by atoms with E-state index in [9.17, 15) is 0 Å². The molecule has 0 aromatic carbocycles. The van der Waals surface area contributed by atoms with Crippen molar-refractivity contribution in [3.63, 3.8) is 0 Å². The molecule has 2 bridgehead atoms. The second kappa shape index (κ2) is 10.8. The summed E-state index contributed by atoms with van der Waals surface area (Å²) in [6.07, 6.45) is 18.6. The fourth-order valence-electron chi connectivity index (χ4n) is 4.71. The first-order valence-electron chi connectivity index (χ1n) is 11.3. The van der Waals surface area contributed by atoms with E-state index in [2.05, 4.69) is 5.32 Å². The summed E-state index contributed by atoms with van der Waals surface area (Å²) in [5.74, 6) is 0.0246. The van der Waals surface area contributed by atoms with Gasteiger partial charge in [0.05, 0.1) is 18.3 Å². The number of fused-ring (bicyclic) bond motifs is 1. The van der Waals surface area contributed by atoms with E-state index < -0.39 is 8.80 Å². The van der Waals surface area contributed by atoms with Gasteiger partial charge in [0.15, 0.2) is 5.96 Å². The molecule has 2 aliphatic heterocycles. The van der Waals surface area contributed by atoms with Crippen LogP contribution in [0.15, 0.2) is 0 Å². The molecule has 0 aromatic rings. The minimum absolute atomic E-state index is 0.0246. The molecule has 0 amide bonds. The third-order valence-electron chi connectivity index (χ3n) is 6.16. The highest BCUT2D eigenvalue weighted by atomic mass is 28.4. The van der Waals surface area contributed by atoms with E-state index in [0.717, 1.165) is 25.3 Å². The zero-order valence-electron chi connectivity index (χ0n) is 16.8. The van der Waals surface area contributed by atoms with Crippen molar-refractivity contribution in [1.29, 1.82) is 5.41 Å². The molecule has 3 aliphatic rings. The van der Waals surface area contributed by atoms with Crippen molar-refractivity contribution in [1.82, 2.24) is 5.32 Å². The zero-order chi connectivity index (χ0) is 19.0. The molecule has 3 fully saturated rings. The van der Waals surface area contributed by atoms with Gasteiger partial charge < -0.3 is 24.3 Å². The highest BCUT2D eigenvalue weighted by Gasteiger charge is 2.62. The van der Waals surface area contributed by atoms with Crippen LogP contribution in [0.1, 0.15) is 89.9 Å². The molecule has 3 rings (SSSR count). The van der Waals surface area contributed by atoms with Gasteiger partial charge in [-0.2, -0.15) is 0 Å². The lowest BCUT2D eigenvalue weighted by Crippen LogP contribution is -2.46. The van der Waals surface area contributed by atoms with Crippen LogP contribution in [0.3, 0.4) is 0 Å². The summed E-state index contributed by atoms with van der Waals surface area (Å²) in [7, 11) is -2.51. The Labute approximate surface area is 165 Å². The fourth-order valence-corrected chi connectivity index (χ4v) is 7.99. The summed E-state index contributed by atoms with van der Waals surface area (Å²) in [5, 5.41) is 10.1. The van der Waals surface area contributed by atoms with E-state index in [1.807, 2.05) is 0 Å². The van der Waals surface area contributed by atoms with Gasteiger partial charge in [0, 0.05) is 12.6 Å². The average molecular weight is 398 g/mol. The molecule has 2 atom stereocenters. The Kier molecular flexibility index (Phi) is 8.42. The minimum Gasteiger partial charge on any atom is -0.370 e. The second-order valence-electron chi connectivity index (χ2n) is 8.49. The van der Waals surface area contributed by atoms with Crippen molar-refractivity contribution in [2.24, 2.45) is 5.73 Å². The van der Waals surface area contributed by atoms with Crippen molar-refractivity contribution in [2.75, 3.05) is 6.54 Å². The van der Waals surface area contributed by atoms with Gasteiger partial charge in [-0.25, -0.2) is 0 Å². The topological polar surface area (TPSA) is 89.6 Å². The van der Waals surface area contributed by atoms with Gasteiger partial charge in [-0.3, -0.25) is 5.41 Å². The van der Waals surface area contributed by atoms with E-state index in [4.69, 9.17) is 24.4 Å². The summed E-state index contributed by atoms with van der Waals surface area (Å²) in [6.45, 7) is 0.681. The molecule has 156 valence electrons. The molecular formula is C20H39N3O3Si. The van der Waals surface area contributed by atoms with Crippen molar-refractivity contribution < 1.29 is 13.3 Å². The number of nitrogens with two attached hydrogens (primary N) is 1. The van der Waals surface area contributed by atoms with Crippen LogP contribution in [0, 0.1) is 5.41 Å². The molecule has 2 saturated heterocycles. The average Bonchev–Trinajstić information content (AvgIpc) is 3.17. The Balaban J connectivity index is 1.52. The standard InChI is InChI=1S/C20H39N3O3Si/c21-20(22)23-15-12-16-27-24-17-13-10-8-6-4-2-1-3-5-7-9-11-14-18(25-27)19(17)26-27/h17-19H,1-16H2,(H4,21,22,23). The molecule has 7 heteroatoms. The lowest BCUT2D eigenvalue weighted by Gasteiger charge is -2.31. The van der Waals surface area contributed by atoms with Crippen LogP contribution in [0.2, 0.25) is 6.04 Å². The molecule has 27 heavy (non-hydrogen) atoms. The summed E-state index contributed by atoms with van der Waals surface area (Å²) in [4.78, 5) is 0. The highest BCUT2D eigenvalue weighted by Crippen LogP contribution is 2.43. The largest absolute Gasteiger partial charge is 0.502 e. The monoisotopic (exact) mass is 397 g/mol. The third kappa shape index (κ3) is 6.44. The third-order valence-corrected chi connectivity index (χ3v) is 9.08. The van der Waals surface area contributed by atoms with Crippen LogP contribution in [-0.2, 0) is 13.3 Å². The first-order valence-corrected chi connectivity index (χ1v) is 13.2. The van der Waals surface area contributed by atoms with E-state index in [0.29, 0.717) is 6.54 Å². The van der Waals surface area contributed by atoms with E-state index >= 15 is 0 Å². The maximum absolute atomic E-state index is 7.27. The van der Waals surface area contributed by atoms with Gasteiger partial charge in [-0.1, -0.05) is 70.6 Å². The Bertz CT molecular complexity index is 436. The molecule has 2 heterocycles. The Morgan fingerprint density at radius 1 is 0.815 bits per heavy atom. The highest BCUT2D eigenvalue weighted by molar-refractivity contribution is 6.62. The van der Waals surface area contributed by atoms with Gasteiger partial charge in [0.1, 0.15) is 0 Å². The van der Waals surface area contributed by atoms with Crippen molar-refractivity contribution >= 4 is 14.8 Å². The van der Waals surface area contributed by atoms with Crippen molar-refractivity contribution in [3.8, 4) is 0 Å². The SMILES string of the molecule is N=C(N)NCCC[Si]12OC3CCCCCCCCCCCCCC(O1)C3O2. The molecule has 1 saturated carbocycles. The lowest BCUT2D eigenvalue weighted by atomic mass is 9.96. The molecule has 2 unspecified atom stereocenters. The molecule has 6 nitrogen and oxygen atoms in total. The lowest BCUT2D eigenvalue weighted by molar-refractivity contribution is 0.0123. The normalized spacial score (nSPS) is 35.8. The minimum atomic E-state index is -2.51. The Morgan fingerprint density at radius 2 is 1.30 bits per heavy atom. The van der Waals surface area contributed by atoms with Crippen LogP contribution >= 0.6 is 0 Å². The van der Waals surface area contributed by atoms with E-state index in [1.54, 1.807) is 0 Å². The fraction of sp³-hybridized carbons (Fsp3) is 0.950. The van der Waals surface area contributed by atoms with E-state index in [1.165, 1.54) is 70.6 Å². The predicted molar refractivity (Wildman–Crippen MR) is 110 cm³/mol. The summed E-state index contributed by atoms with van der Waals surface area (Å²) in [5.41, 5.74) is 5.37. The molecule has 0 radical (unpaired) electrons. The summed E-state index contributed by atoms with van der Waals surface area (Å²) < 4.78 is 19.2. The molecule has 0 spiro atoms. The molecule has 4 N–H and O–H groups in total. The Morgan fingerprint density at radius 3 is 1.78 bits per heavy atom. The number of hydrogen-bond acceptors (Lipinski definition) is 4. The molecule has 1 aliphatic carbocycles. The molecule has 0 aromatic heterocycles. The van der Waals surface area contributed by atoms with Crippen molar-refractivity contribution in [3.05, 3.63) is 0 Å². The smallest absolute Gasteiger partial charge is 0.370 e. The summed E-state index contributed by atoms with van der Waals surface area (Å²) in [6, 6.07) is 0.830. The Hall–Kier alpha value is -0.633. The predicted octanol–water partition coefficient (Wildman–Crippen LogP) is 4.07. The van der Waals surface area contributed by atoms with Crippen LogP contribution in [0.25, 0.3) is 0 Å². The second-order valence-corrected chi connectivity index (χ2v) is 11.1.